The Kier molecular flexibility index (Phi) is 5.94. The van der Waals surface area contributed by atoms with Gasteiger partial charge in [0.1, 0.15) is 5.75 Å². The Morgan fingerprint density at radius 2 is 2.23 bits per heavy atom. The Balaban J connectivity index is 1.99. The highest BCUT2D eigenvalue weighted by Gasteiger charge is 2.24. The first-order chi connectivity index (χ1) is 10.6. The first-order valence-corrected chi connectivity index (χ1v) is 7.31. The van der Waals surface area contributed by atoms with E-state index in [4.69, 9.17) is 4.74 Å². The minimum Gasteiger partial charge on any atom is -0.433 e. The Bertz CT molecular complexity index is 497. The predicted octanol–water partition coefficient (Wildman–Crippen LogP) is 3.32. The molecule has 122 valence electrons. The zero-order valence-electron chi connectivity index (χ0n) is 12.4. The molecule has 1 aliphatic heterocycles. The largest absolute Gasteiger partial charge is 0.433 e. The molecule has 1 N–H and O–H groups in total. The van der Waals surface area contributed by atoms with E-state index in [1.165, 1.54) is 12.1 Å². The summed E-state index contributed by atoms with van der Waals surface area (Å²) < 4.78 is 34.7. The van der Waals surface area contributed by atoms with Gasteiger partial charge in [0, 0.05) is 19.7 Å². The molecule has 1 unspecified atom stereocenters. The van der Waals surface area contributed by atoms with Crippen molar-refractivity contribution in [3.8, 4) is 5.75 Å². The molecule has 1 heterocycles. The van der Waals surface area contributed by atoms with Gasteiger partial charge in [-0.15, -0.1) is 0 Å². The molecule has 1 fully saturated rings. The van der Waals surface area contributed by atoms with Crippen molar-refractivity contribution in [2.24, 2.45) is 0 Å². The Labute approximate surface area is 128 Å². The van der Waals surface area contributed by atoms with Crippen molar-refractivity contribution in [2.75, 3.05) is 25.0 Å². The van der Waals surface area contributed by atoms with Gasteiger partial charge in [-0.05, 0) is 31.9 Å². The van der Waals surface area contributed by atoms with Crippen LogP contribution in [0.1, 0.15) is 19.8 Å². The van der Waals surface area contributed by atoms with Crippen molar-refractivity contribution < 1.29 is 23.0 Å². The summed E-state index contributed by atoms with van der Waals surface area (Å²) in [7, 11) is 0. The highest BCUT2D eigenvalue weighted by Crippen LogP contribution is 2.26. The van der Waals surface area contributed by atoms with E-state index in [2.05, 4.69) is 10.1 Å². The summed E-state index contributed by atoms with van der Waals surface area (Å²) in [4.78, 5) is 13.9. The van der Waals surface area contributed by atoms with Crippen molar-refractivity contribution in [3.63, 3.8) is 0 Å². The van der Waals surface area contributed by atoms with E-state index in [1.807, 2.05) is 6.92 Å². The van der Waals surface area contributed by atoms with E-state index >= 15 is 0 Å². The van der Waals surface area contributed by atoms with Crippen LogP contribution >= 0.6 is 0 Å². The van der Waals surface area contributed by atoms with Gasteiger partial charge in [-0.25, -0.2) is 4.79 Å². The first kappa shape index (κ1) is 16.5. The van der Waals surface area contributed by atoms with Gasteiger partial charge >= 0.3 is 12.6 Å². The van der Waals surface area contributed by atoms with E-state index < -0.39 is 6.61 Å². The summed E-state index contributed by atoms with van der Waals surface area (Å²) in [6.07, 6.45) is 1.80. The third-order valence-corrected chi connectivity index (χ3v) is 3.41. The molecule has 0 saturated carbocycles. The number of urea groups is 1. The minimum absolute atomic E-state index is 0.0251. The molecule has 0 aliphatic carbocycles. The second kappa shape index (κ2) is 7.93. The molecule has 0 bridgehead atoms. The molecule has 1 saturated heterocycles. The van der Waals surface area contributed by atoms with Crippen LogP contribution in [0.15, 0.2) is 24.3 Å². The SMILES string of the molecule is CCOC1CCCN(C(=O)Nc2ccccc2OC(F)F)C1. The van der Waals surface area contributed by atoms with Crippen molar-refractivity contribution in [1.82, 2.24) is 4.90 Å². The van der Waals surface area contributed by atoms with E-state index in [1.54, 1.807) is 17.0 Å². The number of halogens is 2. The van der Waals surface area contributed by atoms with Gasteiger partial charge in [-0.3, -0.25) is 0 Å². The summed E-state index contributed by atoms with van der Waals surface area (Å²) in [5.74, 6) is -0.0517. The normalized spacial score (nSPS) is 18.4. The number of ether oxygens (including phenoxy) is 2. The van der Waals surface area contributed by atoms with Crippen LogP contribution in [-0.2, 0) is 4.74 Å². The molecule has 1 aliphatic rings. The van der Waals surface area contributed by atoms with Gasteiger partial charge in [0.15, 0.2) is 0 Å². The number of alkyl halides is 2. The average Bonchev–Trinajstić information content (AvgIpc) is 2.49. The van der Waals surface area contributed by atoms with Crippen LogP contribution in [0.25, 0.3) is 0 Å². The molecule has 1 aromatic carbocycles. The molecule has 5 nitrogen and oxygen atoms in total. The summed E-state index contributed by atoms with van der Waals surface area (Å²) in [5, 5.41) is 2.62. The van der Waals surface area contributed by atoms with Gasteiger partial charge < -0.3 is 19.7 Å². The number of rotatable bonds is 5. The summed E-state index contributed by atoms with van der Waals surface area (Å²) >= 11 is 0. The fourth-order valence-electron chi connectivity index (χ4n) is 2.46. The molecular weight excluding hydrogens is 294 g/mol. The molecular formula is C15H20F2N2O3. The average molecular weight is 314 g/mol. The lowest BCUT2D eigenvalue weighted by Crippen LogP contribution is -2.45. The highest BCUT2D eigenvalue weighted by molar-refractivity contribution is 5.91. The lowest BCUT2D eigenvalue weighted by molar-refractivity contribution is -0.0493. The number of carbonyl (C=O) groups excluding carboxylic acids is 1. The Morgan fingerprint density at radius 3 is 2.95 bits per heavy atom. The molecule has 1 aromatic rings. The lowest BCUT2D eigenvalue weighted by atomic mass is 10.1. The highest BCUT2D eigenvalue weighted by atomic mass is 19.3. The van der Waals surface area contributed by atoms with Crippen molar-refractivity contribution in [1.29, 1.82) is 0 Å². The van der Waals surface area contributed by atoms with E-state index in [-0.39, 0.29) is 23.6 Å². The van der Waals surface area contributed by atoms with Crippen molar-refractivity contribution >= 4 is 11.7 Å². The fraction of sp³-hybridized carbons (Fsp3) is 0.533. The number of piperidine rings is 1. The molecule has 22 heavy (non-hydrogen) atoms. The monoisotopic (exact) mass is 314 g/mol. The number of amides is 2. The molecule has 0 aromatic heterocycles. The number of nitrogens with zero attached hydrogens (tertiary/aromatic N) is 1. The number of carbonyl (C=O) groups is 1. The second-order valence-electron chi connectivity index (χ2n) is 4.97. The van der Waals surface area contributed by atoms with Crippen LogP contribution in [0.4, 0.5) is 19.3 Å². The van der Waals surface area contributed by atoms with E-state index in [0.29, 0.717) is 19.7 Å². The lowest BCUT2D eigenvalue weighted by Gasteiger charge is -2.32. The van der Waals surface area contributed by atoms with E-state index in [0.717, 1.165) is 12.8 Å². The van der Waals surface area contributed by atoms with E-state index in [9.17, 15) is 13.6 Å². The van der Waals surface area contributed by atoms with Crippen molar-refractivity contribution in [2.45, 2.75) is 32.5 Å². The maximum absolute atomic E-state index is 12.4. The Hall–Kier alpha value is -1.89. The molecule has 2 amide bonds. The number of hydrogen-bond donors (Lipinski definition) is 1. The summed E-state index contributed by atoms with van der Waals surface area (Å²) in [6.45, 7) is 0.697. The van der Waals surface area contributed by atoms with Crippen LogP contribution in [0, 0.1) is 0 Å². The fourth-order valence-corrected chi connectivity index (χ4v) is 2.46. The zero-order chi connectivity index (χ0) is 15.9. The number of hydrogen-bond acceptors (Lipinski definition) is 3. The topological polar surface area (TPSA) is 50.8 Å². The predicted molar refractivity (Wildman–Crippen MR) is 78.3 cm³/mol. The minimum atomic E-state index is -2.93. The van der Waals surface area contributed by atoms with Crippen LogP contribution in [0.3, 0.4) is 0 Å². The number of nitrogens with one attached hydrogen (secondary N) is 1. The molecule has 2 rings (SSSR count). The molecule has 1 atom stereocenters. The summed E-state index contributed by atoms with van der Waals surface area (Å²) in [5.41, 5.74) is 0.228. The summed E-state index contributed by atoms with van der Waals surface area (Å²) in [6, 6.07) is 5.79. The number of likely N-dealkylation sites (tertiary alicyclic amines) is 1. The first-order valence-electron chi connectivity index (χ1n) is 7.31. The number of para-hydroxylation sites is 2. The van der Waals surface area contributed by atoms with Crippen molar-refractivity contribution in [3.05, 3.63) is 24.3 Å². The van der Waals surface area contributed by atoms with Gasteiger partial charge in [-0.2, -0.15) is 8.78 Å². The second-order valence-corrected chi connectivity index (χ2v) is 4.97. The van der Waals surface area contributed by atoms with Crippen LogP contribution < -0.4 is 10.1 Å². The van der Waals surface area contributed by atoms with Gasteiger partial charge in [0.2, 0.25) is 0 Å². The molecule has 0 spiro atoms. The smallest absolute Gasteiger partial charge is 0.387 e. The third-order valence-electron chi connectivity index (χ3n) is 3.41. The van der Waals surface area contributed by atoms with Gasteiger partial charge in [0.25, 0.3) is 0 Å². The zero-order valence-corrected chi connectivity index (χ0v) is 12.4. The van der Waals surface area contributed by atoms with Crippen LogP contribution in [0.2, 0.25) is 0 Å². The van der Waals surface area contributed by atoms with Gasteiger partial charge in [0.05, 0.1) is 11.8 Å². The quantitative estimate of drug-likeness (QED) is 0.907. The molecule has 7 heteroatoms. The Morgan fingerprint density at radius 1 is 1.45 bits per heavy atom. The molecule has 0 radical (unpaired) electrons. The van der Waals surface area contributed by atoms with Crippen LogP contribution in [0.5, 0.6) is 5.75 Å². The maximum atomic E-state index is 12.4. The van der Waals surface area contributed by atoms with Gasteiger partial charge in [-0.1, -0.05) is 12.1 Å². The van der Waals surface area contributed by atoms with Crippen LogP contribution in [-0.4, -0.2) is 43.3 Å². The standard InChI is InChI=1S/C15H20F2N2O3/c1-2-21-11-6-5-9-19(10-11)15(20)18-12-7-3-4-8-13(12)22-14(16)17/h3-4,7-8,11,14H,2,5-6,9-10H2,1H3,(H,18,20). The third kappa shape index (κ3) is 4.56. The number of benzene rings is 1. The maximum Gasteiger partial charge on any atom is 0.387 e. The number of anilines is 1.